The van der Waals surface area contributed by atoms with Crippen LogP contribution in [0.1, 0.15) is 32.4 Å². The van der Waals surface area contributed by atoms with Gasteiger partial charge in [-0.15, -0.1) is 0 Å². The number of urea groups is 1. The largest absolute Gasteiger partial charge is 0.481 e. The van der Waals surface area contributed by atoms with E-state index in [1.807, 2.05) is 19.2 Å². The van der Waals surface area contributed by atoms with Gasteiger partial charge in [-0.05, 0) is 26.5 Å². The number of ether oxygens (including phenoxy) is 1. The molecule has 0 aliphatic carbocycles. The molecule has 6 nitrogen and oxygen atoms in total. The standard InChI is InChI=1S/C14H20FN3O3/c1-4-17-8(2)11-6-5-10(7-12(11)15)21-9(3)13(19)18-14(16)20/h5-9,17H,4H2,1-3H3,(H3,16,18,19,20). The van der Waals surface area contributed by atoms with E-state index in [1.54, 1.807) is 12.1 Å². The summed E-state index contributed by atoms with van der Waals surface area (Å²) in [4.78, 5) is 22.0. The second kappa shape index (κ2) is 7.58. The van der Waals surface area contributed by atoms with Crippen LogP contribution >= 0.6 is 0 Å². The molecule has 4 N–H and O–H groups in total. The summed E-state index contributed by atoms with van der Waals surface area (Å²) in [5.74, 6) is -0.913. The highest BCUT2D eigenvalue weighted by atomic mass is 19.1. The summed E-state index contributed by atoms with van der Waals surface area (Å²) in [6, 6.07) is 3.28. The lowest BCUT2D eigenvalue weighted by atomic mass is 10.1. The number of hydrogen-bond donors (Lipinski definition) is 3. The Morgan fingerprint density at radius 1 is 1.38 bits per heavy atom. The summed E-state index contributed by atoms with van der Waals surface area (Å²) in [5.41, 5.74) is 5.35. The lowest BCUT2D eigenvalue weighted by molar-refractivity contribution is -0.126. The number of carbonyl (C=O) groups excluding carboxylic acids is 2. The Hall–Kier alpha value is -2.15. The SMILES string of the molecule is CCNC(C)c1ccc(OC(C)C(=O)NC(N)=O)cc1F. The van der Waals surface area contributed by atoms with Gasteiger partial charge in [0.1, 0.15) is 11.6 Å². The molecular formula is C14H20FN3O3. The minimum atomic E-state index is -0.964. The van der Waals surface area contributed by atoms with Crippen LogP contribution in [-0.2, 0) is 4.79 Å². The van der Waals surface area contributed by atoms with Crippen LogP contribution < -0.4 is 21.1 Å². The average Bonchev–Trinajstić information content (AvgIpc) is 2.38. The summed E-state index contributed by atoms with van der Waals surface area (Å²) < 4.78 is 19.3. The molecule has 0 fully saturated rings. The van der Waals surface area contributed by atoms with E-state index in [9.17, 15) is 14.0 Å². The van der Waals surface area contributed by atoms with E-state index in [0.29, 0.717) is 5.56 Å². The smallest absolute Gasteiger partial charge is 0.318 e. The summed E-state index contributed by atoms with van der Waals surface area (Å²) in [7, 11) is 0. The van der Waals surface area contributed by atoms with E-state index >= 15 is 0 Å². The third-order valence-corrected chi connectivity index (χ3v) is 2.88. The molecule has 116 valence electrons. The third kappa shape index (κ3) is 5.03. The molecular weight excluding hydrogens is 277 g/mol. The minimum absolute atomic E-state index is 0.125. The van der Waals surface area contributed by atoms with E-state index < -0.39 is 23.9 Å². The fourth-order valence-electron chi connectivity index (χ4n) is 1.83. The number of nitrogens with two attached hydrogens (primary N) is 1. The molecule has 0 heterocycles. The van der Waals surface area contributed by atoms with Gasteiger partial charge in [0.25, 0.3) is 5.91 Å². The summed E-state index contributed by atoms with van der Waals surface area (Å²) in [6.45, 7) is 5.95. The first-order chi connectivity index (χ1) is 9.85. The zero-order valence-corrected chi connectivity index (χ0v) is 12.3. The van der Waals surface area contributed by atoms with Gasteiger partial charge in [-0.2, -0.15) is 0 Å². The van der Waals surface area contributed by atoms with Crippen molar-refractivity contribution in [2.75, 3.05) is 6.54 Å². The summed E-state index contributed by atoms with van der Waals surface area (Å²) >= 11 is 0. The molecule has 21 heavy (non-hydrogen) atoms. The van der Waals surface area contributed by atoms with Crippen molar-refractivity contribution in [1.82, 2.24) is 10.6 Å². The fourth-order valence-corrected chi connectivity index (χ4v) is 1.83. The Kier molecular flexibility index (Phi) is 6.10. The molecule has 3 amide bonds. The summed E-state index contributed by atoms with van der Waals surface area (Å²) in [6.07, 6.45) is -0.964. The zero-order valence-electron chi connectivity index (χ0n) is 12.3. The van der Waals surface area contributed by atoms with Crippen molar-refractivity contribution < 1.29 is 18.7 Å². The first-order valence-electron chi connectivity index (χ1n) is 6.65. The van der Waals surface area contributed by atoms with E-state index in [1.165, 1.54) is 13.0 Å². The van der Waals surface area contributed by atoms with E-state index in [2.05, 4.69) is 5.32 Å². The predicted octanol–water partition coefficient (Wildman–Crippen LogP) is 1.46. The molecule has 2 unspecified atom stereocenters. The number of amides is 3. The molecule has 1 aromatic carbocycles. The Bertz CT molecular complexity index is 522. The number of imide groups is 1. The van der Waals surface area contributed by atoms with Gasteiger partial charge >= 0.3 is 6.03 Å². The molecule has 0 aromatic heterocycles. The maximum absolute atomic E-state index is 14.0. The first-order valence-corrected chi connectivity index (χ1v) is 6.65. The van der Waals surface area contributed by atoms with Gasteiger partial charge in [-0.25, -0.2) is 9.18 Å². The number of halogens is 1. The van der Waals surface area contributed by atoms with Crippen molar-refractivity contribution >= 4 is 11.9 Å². The van der Waals surface area contributed by atoms with E-state index in [0.717, 1.165) is 6.54 Å². The first kappa shape index (κ1) is 16.9. The van der Waals surface area contributed by atoms with Crippen LogP contribution in [0.2, 0.25) is 0 Å². The molecule has 1 aromatic rings. The van der Waals surface area contributed by atoms with Crippen LogP contribution in [0, 0.1) is 5.82 Å². The molecule has 0 bridgehead atoms. The molecule has 0 radical (unpaired) electrons. The Balaban J connectivity index is 2.75. The van der Waals surface area contributed by atoms with Crippen molar-refractivity contribution in [3.8, 4) is 5.75 Å². The number of benzene rings is 1. The molecule has 0 saturated heterocycles. The van der Waals surface area contributed by atoms with Crippen LogP contribution in [0.4, 0.5) is 9.18 Å². The number of nitrogens with one attached hydrogen (secondary N) is 2. The maximum atomic E-state index is 14.0. The van der Waals surface area contributed by atoms with Gasteiger partial charge < -0.3 is 15.8 Å². The van der Waals surface area contributed by atoms with Gasteiger partial charge in [0.15, 0.2) is 6.10 Å². The second-order valence-electron chi connectivity index (χ2n) is 4.58. The molecule has 0 aliphatic rings. The van der Waals surface area contributed by atoms with Crippen LogP contribution in [0.5, 0.6) is 5.75 Å². The normalized spacial score (nSPS) is 13.3. The zero-order chi connectivity index (χ0) is 16.0. The third-order valence-electron chi connectivity index (χ3n) is 2.88. The van der Waals surface area contributed by atoms with E-state index in [-0.39, 0.29) is 11.8 Å². The van der Waals surface area contributed by atoms with Crippen molar-refractivity contribution in [3.05, 3.63) is 29.6 Å². The quantitative estimate of drug-likeness (QED) is 0.741. The Labute approximate surface area is 122 Å². The number of rotatable bonds is 6. The van der Waals surface area contributed by atoms with Crippen molar-refractivity contribution in [2.24, 2.45) is 5.73 Å². The average molecular weight is 297 g/mol. The molecule has 2 atom stereocenters. The highest BCUT2D eigenvalue weighted by Gasteiger charge is 2.17. The van der Waals surface area contributed by atoms with Crippen molar-refractivity contribution in [1.29, 1.82) is 0 Å². The fraction of sp³-hybridized carbons (Fsp3) is 0.429. The predicted molar refractivity (Wildman–Crippen MR) is 76.3 cm³/mol. The highest BCUT2D eigenvalue weighted by molar-refractivity contribution is 5.95. The summed E-state index contributed by atoms with van der Waals surface area (Å²) in [5, 5.41) is 5.00. The molecule has 0 saturated carbocycles. The van der Waals surface area contributed by atoms with Crippen molar-refractivity contribution in [2.45, 2.75) is 32.9 Å². The molecule has 0 spiro atoms. The van der Waals surface area contributed by atoms with E-state index in [4.69, 9.17) is 10.5 Å². The van der Waals surface area contributed by atoms with Crippen LogP contribution in [0.3, 0.4) is 0 Å². The molecule has 0 aliphatic heterocycles. The number of hydrogen-bond acceptors (Lipinski definition) is 4. The number of carbonyl (C=O) groups is 2. The molecule has 7 heteroatoms. The molecule has 1 rings (SSSR count). The van der Waals surface area contributed by atoms with Gasteiger partial charge in [0.2, 0.25) is 0 Å². The Morgan fingerprint density at radius 3 is 2.57 bits per heavy atom. The lowest BCUT2D eigenvalue weighted by Crippen LogP contribution is -2.42. The second-order valence-corrected chi connectivity index (χ2v) is 4.58. The van der Waals surface area contributed by atoms with Gasteiger partial charge in [0.05, 0.1) is 0 Å². The van der Waals surface area contributed by atoms with Crippen molar-refractivity contribution in [3.63, 3.8) is 0 Å². The van der Waals surface area contributed by atoms with Gasteiger partial charge in [-0.3, -0.25) is 10.1 Å². The topological polar surface area (TPSA) is 93.4 Å². The van der Waals surface area contributed by atoms with Crippen LogP contribution in [0.25, 0.3) is 0 Å². The monoisotopic (exact) mass is 297 g/mol. The Morgan fingerprint density at radius 2 is 2.05 bits per heavy atom. The van der Waals surface area contributed by atoms with Crippen LogP contribution in [0.15, 0.2) is 18.2 Å². The maximum Gasteiger partial charge on any atom is 0.318 e. The van der Waals surface area contributed by atoms with Gasteiger partial charge in [-0.1, -0.05) is 13.0 Å². The van der Waals surface area contributed by atoms with Crippen LogP contribution in [-0.4, -0.2) is 24.6 Å². The number of primary amides is 1. The van der Waals surface area contributed by atoms with Gasteiger partial charge in [0, 0.05) is 17.7 Å². The lowest BCUT2D eigenvalue weighted by Gasteiger charge is -2.16. The highest BCUT2D eigenvalue weighted by Crippen LogP contribution is 2.22. The minimum Gasteiger partial charge on any atom is -0.481 e.